The summed E-state index contributed by atoms with van der Waals surface area (Å²) in [5.41, 5.74) is 0.573. The van der Waals surface area contributed by atoms with Gasteiger partial charge in [0.15, 0.2) is 0 Å². The summed E-state index contributed by atoms with van der Waals surface area (Å²) in [6, 6.07) is 4.44. The van der Waals surface area contributed by atoms with Crippen LogP contribution < -0.4 is 5.32 Å². The minimum Gasteiger partial charge on any atom is -0.339 e. The Hall–Kier alpha value is -1.46. The summed E-state index contributed by atoms with van der Waals surface area (Å²) in [4.78, 5) is 4.35. The van der Waals surface area contributed by atoms with E-state index in [1.165, 1.54) is 12.1 Å². The fraction of sp³-hybridized carbons (Fsp3) is 0.467. The number of rotatable bonds is 7. The zero-order chi connectivity index (χ0) is 15.2. The van der Waals surface area contributed by atoms with Crippen LogP contribution in [0.5, 0.6) is 0 Å². The van der Waals surface area contributed by atoms with Crippen molar-refractivity contribution in [2.24, 2.45) is 0 Å². The summed E-state index contributed by atoms with van der Waals surface area (Å²) < 4.78 is 18.3. The second kappa shape index (κ2) is 7.52. The highest BCUT2D eigenvalue weighted by Crippen LogP contribution is 2.26. The molecule has 6 heteroatoms. The van der Waals surface area contributed by atoms with E-state index >= 15 is 0 Å². The first-order valence-electron chi connectivity index (χ1n) is 7.15. The lowest BCUT2D eigenvalue weighted by Crippen LogP contribution is -2.30. The molecule has 0 bridgehead atoms. The first-order chi connectivity index (χ1) is 10.1. The topological polar surface area (TPSA) is 51.0 Å². The molecule has 1 N–H and O–H groups in total. The Bertz CT molecular complexity index is 582. The maximum Gasteiger partial charge on any atom is 0.228 e. The maximum absolute atomic E-state index is 13.1. The third-order valence-electron chi connectivity index (χ3n) is 3.19. The molecule has 0 spiro atoms. The van der Waals surface area contributed by atoms with Crippen LogP contribution in [0.2, 0.25) is 5.02 Å². The van der Waals surface area contributed by atoms with E-state index in [0.717, 1.165) is 19.4 Å². The number of hydrogen-bond donors (Lipinski definition) is 1. The lowest BCUT2D eigenvalue weighted by atomic mass is 10.1. The normalized spacial score (nSPS) is 12.6. The van der Waals surface area contributed by atoms with Gasteiger partial charge in [0.05, 0.1) is 5.02 Å². The number of nitrogens with one attached hydrogen (secondary N) is 1. The Kier molecular flexibility index (Phi) is 5.70. The van der Waals surface area contributed by atoms with Gasteiger partial charge in [-0.3, -0.25) is 0 Å². The molecule has 114 valence electrons. The Labute approximate surface area is 128 Å². The van der Waals surface area contributed by atoms with Gasteiger partial charge in [-0.25, -0.2) is 4.39 Å². The fourth-order valence-corrected chi connectivity index (χ4v) is 2.49. The Balaban J connectivity index is 2.13. The number of halogens is 2. The van der Waals surface area contributed by atoms with E-state index in [1.807, 2.05) is 0 Å². The van der Waals surface area contributed by atoms with Crippen molar-refractivity contribution in [2.75, 3.05) is 6.54 Å². The average molecular weight is 312 g/mol. The first-order valence-corrected chi connectivity index (χ1v) is 7.53. The van der Waals surface area contributed by atoms with Crippen LogP contribution in [0.3, 0.4) is 0 Å². The summed E-state index contributed by atoms with van der Waals surface area (Å²) in [6.07, 6.45) is 2.80. The molecule has 1 aromatic carbocycles. The van der Waals surface area contributed by atoms with Crippen molar-refractivity contribution < 1.29 is 8.91 Å². The number of aromatic nitrogens is 2. The van der Waals surface area contributed by atoms with Gasteiger partial charge >= 0.3 is 0 Å². The Morgan fingerprint density at radius 2 is 2.19 bits per heavy atom. The van der Waals surface area contributed by atoms with Crippen molar-refractivity contribution in [3.63, 3.8) is 0 Å². The molecular formula is C15H19ClFN3O. The second-order valence-electron chi connectivity index (χ2n) is 4.88. The molecule has 1 aromatic heterocycles. The van der Waals surface area contributed by atoms with Gasteiger partial charge in [0.25, 0.3) is 0 Å². The molecular weight excluding hydrogens is 293 g/mol. The average Bonchev–Trinajstić information content (AvgIpc) is 2.87. The Morgan fingerprint density at radius 3 is 2.86 bits per heavy atom. The van der Waals surface area contributed by atoms with Gasteiger partial charge in [-0.15, -0.1) is 0 Å². The van der Waals surface area contributed by atoms with E-state index in [2.05, 4.69) is 29.3 Å². The molecule has 2 aromatic rings. The van der Waals surface area contributed by atoms with Crippen molar-refractivity contribution in [1.29, 1.82) is 0 Å². The summed E-state index contributed by atoms with van der Waals surface area (Å²) >= 11 is 6.00. The highest BCUT2D eigenvalue weighted by molar-refractivity contribution is 6.33. The number of benzene rings is 1. The van der Waals surface area contributed by atoms with Gasteiger partial charge < -0.3 is 9.84 Å². The molecule has 0 amide bonds. The van der Waals surface area contributed by atoms with E-state index in [-0.39, 0.29) is 10.8 Å². The van der Waals surface area contributed by atoms with Crippen molar-refractivity contribution in [1.82, 2.24) is 15.5 Å². The van der Waals surface area contributed by atoms with Crippen LogP contribution in [0.25, 0.3) is 11.4 Å². The van der Waals surface area contributed by atoms with Gasteiger partial charge in [-0.05, 0) is 31.2 Å². The zero-order valence-corrected chi connectivity index (χ0v) is 13.0. The highest BCUT2D eigenvalue weighted by Gasteiger charge is 2.16. The molecule has 0 saturated heterocycles. The summed E-state index contributed by atoms with van der Waals surface area (Å²) in [7, 11) is 0. The van der Waals surface area contributed by atoms with Crippen LogP contribution in [0.1, 0.15) is 32.6 Å². The van der Waals surface area contributed by atoms with Crippen LogP contribution in [-0.2, 0) is 6.42 Å². The van der Waals surface area contributed by atoms with Crippen molar-refractivity contribution in [3.05, 3.63) is 34.9 Å². The zero-order valence-electron chi connectivity index (χ0n) is 12.2. The number of nitrogens with zero attached hydrogens (tertiary/aromatic N) is 2. The molecule has 0 radical (unpaired) electrons. The van der Waals surface area contributed by atoms with Crippen molar-refractivity contribution >= 4 is 11.6 Å². The standard InChI is InChI=1S/C15H19ClFN3O/c1-3-5-11(18-4-2)9-14-19-15(20-21-14)12-7-6-10(17)8-13(12)16/h6-8,11,18H,3-5,9H2,1-2H3. The predicted molar refractivity (Wildman–Crippen MR) is 80.8 cm³/mol. The van der Waals surface area contributed by atoms with Crippen molar-refractivity contribution in [2.45, 2.75) is 39.2 Å². The van der Waals surface area contributed by atoms with Gasteiger partial charge in [0.1, 0.15) is 5.82 Å². The molecule has 0 fully saturated rings. The van der Waals surface area contributed by atoms with Crippen LogP contribution in [0, 0.1) is 5.82 Å². The van der Waals surface area contributed by atoms with Gasteiger partial charge in [-0.1, -0.05) is 37.0 Å². The smallest absolute Gasteiger partial charge is 0.228 e. The molecule has 1 atom stereocenters. The maximum atomic E-state index is 13.1. The quantitative estimate of drug-likeness (QED) is 0.844. The predicted octanol–water partition coefficient (Wildman–Crippen LogP) is 3.85. The van der Waals surface area contributed by atoms with E-state index < -0.39 is 0 Å². The van der Waals surface area contributed by atoms with E-state index in [0.29, 0.717) is 29.7 Å². The van der Waals surface area contributed by atoms with Crippen LogP contribution in [-0.4, -0.2) is 22.7 Å². The molecule has 0 saturated carbocycles. The van der Waals surface area contributed by atoms with Crippen molar-refractivity contribution in [3.8, 4) is 11.4 Å². The Morgan fingerprint density at radius 1 is 1.38 bits per heavy atom. The third-order valence-corrected chi connectivity index (χ3v) is 3.50. The van der Waals surface area contributed by atoms with Gasteiger partial charge in [0.2, 0.25) is 11.7 Å². The molecule has 21 heavy (non-hydrogen) atoms. The summed E-state index contributed by atoms with van der Waals surface area (Å²) in [5, 5.41) is 7.60. The van der Waals surface area contributed by atoms with E-state index in [4.69, 9.17) is 16.1 Å². The lowest BCUT2D eigenvalue weighted by Gasteiger charge is -2.14. The van der Waals surface area contributed by atoms with Gasteiger partial charge in [0, 0.05) is 18.0 Å². The SMILES string of the molecule is CCCC(Cc1nc(-c2ccc(F)cc2Cl)no1)NCC. The summed E-state index contributed by atoms with van der Waals surface area (Å²) in [5.74, 6) is 0.564. The molecule has 1 unspecified atom stereocenters. The molecule has 0 aliphatic rings. The number of hydrogen-bond acceptors (Lipinski definition) is 4. The molecule has 0 aliphatic heterocycles. The third kappa shape index (κ3) is 4.25. The van der Waals surface area contributed by atoms with E-state index in [1.54, 1.807) is 6.07 Å². The lowest BCUT2D eigenvalue weighted by molar-refractivity contribution is 0.352. The molecule has 2 rings (SSSR count). The van der Waals surface area contributed by atoms with Crippen LogP contribution in [0.15, 0.2) is 22.7 Å². The van der Waals surface area contributed by atoms with E-state index in [9.17, 15) is 4.39 Å². The largest absolute Gasteiger partial charge is 0.339 e. The second-order valence-corrected chi connectivity index (χ2v) is 5.29. The molecule has 4 nitrogen and oxygen atoms in total. The monoisotopic (exact) mass is 311 g/mol. The minimum atomic E-state index is -0.386. The fourth-order valence-electron chi connectivity index (χ4n) is 2.24. The first kappa shape index (κ1) is 15.9. The summed E-state index contributed by atoms with van der Waals surface area (Å²) in [6.45, 7) is 5.11. The number of likely N-dealkylation sites (N-methyl/N-ethyl adjacent to an activating group) is 1. The van der Waals surface area contributed by atoms with Gasteiger partial charge in [-0.2, -0.15) is 4.98 Å². The minimum absolute atomic E-state index is 0.277. The highest BCUT2D eigenvalue weighted by atomic mass is 35.5. The molecule has 0 aliphatic carbocycles. The van der Waals surface area contributed by atoms with Crippen LogP contribution >= 0.6 is 11.6 Å². The molecule has 1 heterocycles. The van der Waals surface area contributed by atoms with Crippen LogP contribution in [0.4, 0.5) is 4.39 Å².